The molecule has 32 heavy (non-hydrogen) atoms. The van der Waals surface area contributed by atoms with Crippen molar-refractivity contribution in [2.24, 2.45) is 5.73 Å². The van der Waals surface area contributed by atoms with E-state index in [9.17, 15) is 4.79 Å². The summed E-state index contributed by atoms with van der Waals surface area (Å²) in [7, 11) is 0. The fourth-order valence-electron chi connectivity index (χ4n) is 3.30. The van der Waals surface area contributed by atoms with E-state index in [0.29, 0.717) is 11.6 Å². The van der Waals surface area contributed by atoms with Gasteiger partial charge < -0.3 is 15.8 Å². The Morgan fingerprint density at radius 2 is 1.97 bits per heavy atom. The van der Waals surface area contributed by atoms with Crippen molar-refractivity contribution in [1.82, 2.24) is 15.0 Å². The number of fused-ring (bicyclic) bond motifs is 1. The summed E-state index contributed by atoms with van der Waals surface area (Å²) in [5.74, 6) is 1.47. The van der Waals surface area contributed by atoms with Crippen LogP contribution in [0.1, 0.15) is 38.2 Å². The lowest BCUT2D eigenvalue weighted by atomic mass is 10.1. The van der Waals surface area contributed by atoms with E-state index in [2.05, 4.69) is 26.3 Å². The number of hydrogen-bond acceptors (Lipinski definition) is 7. The molecule has 2 aromatic carbocycles. The first-order valence-corrected chi connectivity index (χ1v) is 11.1. The van der Waals surface area contributed by atoms with Gasteiger partial charge in [-0.1, -0.05) is 18.2 Å². The van der Waals surface area contributed by atoms with Gasteiger partial charge in [0.2, 0.25) is 0 Å². The van der Waals surface area contributed by atoms with Crippen LogP contribution in [0.4, 0.5) is 5.82 Å². The number of amides is 1. The molecule has 0 aliphatic heterocycles. The number of nitrogens with two attached hydrogens (primary N) is 1. The highest BCUT2D eigenvalue weighted by atomic mass is 32.1. The summed E-state index contributed by atoms with van der Waals surface area (Å²) in [4.78, 5) is 25.1. The van der Waals surface area contributed by atoms with E-state index in [1.54, 1.807) is 25.2 Å². The Bertz CT molecular complexity index is 1280. The van der Waals surface area contributed by atoms with Crippen molar-refractivity contribution in [1.29, 1.82) is 0 Å². The molecule has 0 aliphatic carbocycles. The predicted octanol–water partition coefficient (Wildman–Crippen LogP) is 4.88. The number of rotatable bonds is 7. The number of carbonyl (C=O) groups is 1. The smallest absolute Gasteiger partial charge is 0.261 e. The van der Waals surface area contributed by atoms with Gasteiger partial charge in [0, 0.05) is 11.6 Å². The van der Waals surface area contributed by atoms with Gasteiger partial charge in [-0.15, -0.1) is 11.3 Å². The topological polar surface area (TPSA) is 103 Å². The lowest BCUT2D eigenvalue weighted by Gasteiger charge is -2.23. The average Bonchev–Trinajstić information content (AvgIpc) is 3.21. The van der Waals surface area contributed by atoms with E-state index in [0.717, 1.165) is 32.9 Å². The van der Waals surface area contributed by atoms with Crippen LogP contribution >= 0.6 is 11.3 Å². The molecule has 4 rings (SSSR count). The zero-order chi connectivity index (χ0) is 22.9. The molecule has 0 bridgehead atoms. The Morgan fingerprint density at radius 1 is 1.16 bits per heavy atom. The second kappa shape index (κ2) is 8.55. The van der Waals surface area contributed by atoms with Crippen molar-refractivity contribution in [3.63, 3.8) is 0 Å². The summed E-state index contributed by atoms with van der Waals surface area (Å²) in [6.45, 7) is 7.22. The minimum Gasteiger partial charge on any atom is -0.478 e. The maximum atomic E-state index is 11.6. The zero-order valence-corrected chi connectivity index (χ0v) is 19.2. The predicted molar refractivity (Wildman–Crippen MR) is 128 cm³/mol. The fourth-order valence-corrected chi connectivity index (χ4v) is 4.02. The summed E-state index contributed by atoms with van der Waals surface area (Å²) in [6.07, 6.45) is 0. The Kier molecular flexibility index (Phi) is 5.80. The molecule has 0 aliphatic rings. The highest BCUT2D eigenvalue weighted by Gasteiger charge is 2.27. The Hall–Kier alpha value is -3.52. The molecule has 0 spiro atoms. The van der Waals surface area contributed by atoms with Gasteiger partial charge in [0.25, 0.3) is 5.91 Å². The van der Waals surface area contributed by atoms with Crippen molar-refractivity contribution in [2.45, 2.75) is 39.3 Å². The number of anilines is 1. The van der Waals surface area contributed by atoms with E-state index < -0.39 is 11.5 Å². The quantitative estimate of drug-likeness (QED) is 0.419. The van der Waals surface area contributed by atoms with Gasteiger partial charge in [-0.2, -0.15) is 0 Å². The fraction of sp³-hybridized carbons (Fsp3) is 0.250. The van der Waals surface area contributed by atoms with Crippen LogP contribution in [0.5, 0.6) is 5.75 Å². The standard InChI is InChI=1S/C24H25N5O2S/c1-14(16-6-5-7-18(10-16)31-24(3,4)23(25)30)27-22-12-20(28-15(2)29-22)17-8-9-19-21(11-17)32-13-26-19/h5-14H,1-4H3,(H2,25,30)(H,27,28,29). The van der Waals surface area contributed by atoms with E-state index in [1.165, 1.54) is 0 Å². The highest BCUT2D eigenvalue weighted by Crippen LogP contribution is 2.28. The van der Waals surface area contributed by atoms with Crippen LogP contribution in [0.15, 0.2) is 54.0 Å². The summed E-state index contributed by atoms with van der Waals surface area (Å²) >= 11 is 1.61. The van der Waals surface area contributed by atoms with Crippen molar-refractivity contribution in [2.75, 3.05) is 5.32 Å². The maximum Gasteiger partial charge on any atom is 0.261 e. The first-order chi connectivity index (χ1) is 15.2. The number of nitrogens with one attached hydrogen (secondary N) is 1. The van der Waals surface area contributed by atoms with Crippen LogP contribution < -0.4 is 15.8 Å². The number of nitrogens with zero attached hydrogens (tertiary/aromatic N) is 3. The van der Waals surface area contributed by atoms with Crippen LogP contribution in [-0.2, 0) is 4.79 Å². The van der Waals surface area contributed by atoms with Crippen LogP contribution in [0.2, 0.25) is 0 Å². The molecule has 4 aromatic rings. The maximum absolute atomic E-state index is 11.6. The van der Waals surface area contributed by atoms with Gasteiger partial charge in [0.1, 0.15) is 17.4 Å². The average molecular weight is 448 g/mol. The Balaban J connectivity index is 1.56. The third-order valence-corrected chi connectivity index (χ3v) is 5.95. The van der Waals surface area contributed by atoms with Crippen LogP contribution in [-0.4, -0.2) is 26.5 Å². The summed E-state index contributed by atoms with van der Waals surface area (Å²) in [6, 6.07) is 15.6. The van der Waals surface area contributed by atoms with E-state index in [1.807, 2.05) is 61.8 Å². The Labute approximate surface area is 190 Å². The zero-order valence-electron chi connectivity index (χ0n) is 18.4. The lowest BCUT2D eigenvalue weighted by molar-refractivity contribution is -0.130. The molecule has 0 radical (unpaired) electrons. The number of hydrogen-bond donors (Lipinski definition) is 2. The van der Waals surface area contributed by atoms with Crippen molar-refractivity contribution in [3.05, 3.63) is 65.4 Å². The minimum absolute atomic E-state index is 0.0543. The largest absolute Gasteiger partial charge is 0.478 e. The SMILES string of the molecule is Cc1nc(NC(C)c2cccc(OC(C)(C)C(N)=O)c2)cc(-c2ccc3ncsc3c2)n1. The molecule has 1 unspecified atom stereocenters. The molecule has 2 heterocycles. The number of aromatic nitrogens is 3. The van der Waals surface area contributed by atoms with Crippen LogP contribution in [0.3, 0.4) is 0 Å². The number of thiazole rings is 1. The van der Waals surface area contributed by atoms with Crippen LogP contribution in [0, 0.1) is 6.92 Å². The summed E-state index contributed by atoms with van der Waals surface area (Å²) in [5.41, 5.74) is 10.0. The lowest BCUT2D eigenvalue weighted by Crippen LogP contribution is -2.43. The molecule has 0 saturated carbocycles. The number of aryl methyl sites for hydroxylation is 1. The molecule has 3 N–H and O–H groups in total. The minimum atomic E-state index is -1.09. The third-order valence-electron chi connectivity index (χ3n) is 5.15. The van der Waals surface area contributed by atoms with E-state index in [4.69, 9.17) is 10.5 Å². The molecule has 164 valence electrons. The first kappa shape index (κ1) is 21.7. The normalized spacial score (nSPS) is 12.5. The van der Waals surface area contributed by atoms with Gasteiger partial charge in [0.15, 0.2) is 5.60 Å². The van der Waals surface area contributed by atoms with Crippen molar-refractivity contribution < 1.29 is 9.53 Å². The molecule has 7 nitrogen and oxygen atoms in total. The molecule has 8 heteroatoms. The van der Waals surface area contributed by atoms with Gasteiger partial charge in [-0.3, -0.25) is 4.79 Å². The van der Waals surface area contributed by atoms with Crippen molar-refractivity contribution in [3.8, 4) is 17.0 Å². The van der Waals surface area contributed by atoms with Gasteiger partial charge in [0.05, 0.1) is 27.5 Å². The van der Waals surface area contributed by atoms with Crippen molar-refractivity contribution >= 4 is 33.3 Å². The second-order valence-electron chi connectivity index (χ2n) is 8.14. The van der Waals surface area contributed by atoms with Crippen LogP contribution in [0.25, 0.3) is 21.5 Å². The van der Waals surface area contributed by atoms with Gasteiger partial charge in [-0.25, -0.2) is 15.0 Å². The molecule has 2 aromatic heterocycles. The molecule has 1 atom stereocenters. The molecule has 1 amide bonds. The monoisotopic (exact) mass is 447 g/mol. The second-order valence-corrected chi connectivity index (χ2v) is 9.02. The molecular formula is C24H25N5O2S. The number of primary amides is 1. The summed E-state index contributed by atoms with van der Waals surface area (Å²) in [5, 5.41) is 3.45. The molecule has 0 saturated heterocycles. The Morgan fingerprint density at radius 3 is 2.75 bits per heavy atom. The van der Waals surface area contributed by atoms with Gasteiger partial charge in [-0.05, 0) is 57.5 Å². The first-order valence-electron chi connectivity index (χ1n) is 10.3. The van der Waals surface area contributed by atoms with E-state index in [-0.39, 0.29) is 6.04 Å². The molecular weight excluding hydrogens is 422 g/mol. The number of ether oxygens (including phenoxy) is 1. The van der Waals surface area contributed by atoms with E-state index >= 15 is 0 Å². The molecule has 0 fully saturated rings. The number of carbonyl (C=O) groups excluding carboxylic acids is 1. The van der Waals surface area contributed by atoms with Gasteiger partial charge >= 0.3 is 0 Å². The number of benzene rings is 2. The highest BCUT2D eigenvalue weighted by molar-refractivity contribution is 7.16. The summed E-state index contributed by atoms with van der Waals surface area (Å²) < 4.78 is 6.92. The third kappa shape index (κ3) is 4.70.